The van der Waals surface area contributed by atoms with Crippen molar-refractivity contribution < 1.29 is 28.5 Å². The van der Waals surface area contributed by atoms with Gasteiger partial charge in [0.05, 0.1) is 25.7 Å². The maximum absolute atomic E-state index is 13.3. The minimum absolute atomic E-state index is 0.0756. The first-order valence-corrected chi connectivity index (χ1v) is 9.85. The molecule has 0 radical (unpaired) electrons. The first kappa shape index (κ1) is 20.5. The number of methoxy groups -OCH3 is 2. The molecule has 0 spiro atoms. The maximum Gasteiger partial charge on any atom is 0.337 e. The van der Waals surface area contributed by atoms with Crippen LogP contribution in [0, 0.1) is 5.92 Å². The van der Waals surface area contributed by atoms with Gasteiger partial charge in [0.1, 0.15) is 30.0 Å². The summed E-state index contributed by atoms with van der Waals surface area (Å²) >= 11 is 0. The molecule has 2 atom stereocenters. The zero-order valence-electron chi connectivity index (χ0n) is 17.2. The predicted octanol–water partition coefficient (Wildman–Crippen LogP) is 4.49. The van der Waals surface area contributed by atoms with Gasteiger partial charge in [-0.25, -0.2) is 4.79 Å². The van der Waals surface area contributed by atoms with Gasteiger partial charge < -0.3 is 18.9 Å². The van der Waals surface area contributed by atoms with Crippen LogP contribution in [-0.4, -0.2) is 32.6 Å². The van der Waals surface area contributed by atoms with Gasteiger partial charge in [-0.3, -0.25) is 4.79 Å². The fraction of sp³-hybridized carbons (Fsp3) is 0.200. The number of fused-ring (bicyclic) bond motifs is 1. The van der Waals surface area contributed by atoms with Gasteiger partial charge >= 0.3 is 5.97 Å². The third kappa shape index (κ3) is 4.23. The predicted molar refractivity (Wildman–Crippen MR) is 114 cm³/mol. The van der Waals surface area contributed by atoms with E-state index in [9.17, 15) is 9.59 Å². The molecule has 0 saturated carbocycles. The number of benzene rings is 3. The number of hydrogen-bond donors (Lipinski definition) is 0. The summed E-state index contributed by atoms with van der Waals surface area (Å²) in [7, 11) is 2.92. The second kappa shape index (κ2) is 8.92. The zero-order valence-corrected chi connectivity index (χ0v) is 17.2. The van der Waals surface area contributed by atoms with Gasteiger partial charge in [0.15, 0.2) is 5.78 Å². The van der Waals surface area contributed by atoms with Crippen molar-refractivity contribution >= 4 is 11.8 Å². The Balaban J connectivity index is 1.64. The van der Waals surface area contributed by atoms with Gasteiger partial charge in [-0.15, -0.1) is 0 Å². The number of rotatable bonds is 6. The summed E-state index contributed by atoms with van der Waals surface area (Å²) in [6.45, 7) is 0.201. The van der Waals surface area contributed by atoms with E-state index in [0.717, 1.165) is 5.56 Å². The van der Waals surface area contributed by atoms with Crippen molar-refractivity contribution in [3.05, 3.63) is 89.5 Å². The molecule has 6 heteroatoms. The van der Waals surface area contributed by atoms with Crippen molar-refractivity contribution in [2.24, 2.45) is 5.92 Å². The van der Waals surface area contributed by atoms with E-state index >= 15 is 0 Å². The van der Waals surface area contributed by atoms with E-state index in [-0.39, 0.29) is 12.4 Å². The van der Waals surface area contributed by atoms with Crippen LogP contribution in [0.5, 0.6) is 17.2 Å². The SMILES string of the molecule is COC(=O)c1ccc(OC2c3ccccc3OCC2C(=O)c2ccc(OC)cc2)cc1. The van der Waals surface area contributed by atoms with Gasteiger partial charge in [-0.2, -0.15) is 0 Å². The van der Waals surface area contributed by atoms with Crippen LogP contribution in [0.2, 0.25) is 0 Å². The van der Waals surface area contributed by atoms with Gasteiger partial charge in [-0.05, 0) is 54.6 Å². The Hall–Kier alpha value is -3.80. The molecule has 158 valence electrons. The van der Waals surface area contributed by atoms with Crippen LogP contribution < -0.4 is 14.2 Å². The molecule has 2 unspecified atom stereocenters. The van der Waals surface area contributed by atoms with Crippen molar-refractivity contribution in [3.8, 4) is 17.2 Å². The second-order valence-corrected chi connectivity index (χ2v) is 7.10. The highest BCUT2D eigenvalue weighted by molar-refractivity contribution is 5.98. The Kier molecular flexibility index (Phi) is 5.89. The lowest BCUT2D eigenvalue weighted by atomic mass is 9.87. The van der Waals surface area contributed by atoms with E-state index < -0.39 is 18.0 Å². The average molecular weight is 418 g/mol. The summed E-state index contributed by atoms with van der Waals surface area (Å²) in [5.74, 6) is 0.882. The van der Waals surface area contributed by atoms with Crippen LogP contribution in [0.4, 0.5) is 0 Å². The summed E-state index contributed by atoms with van der Waals surface area (Å²) in [5.41, 5.74) is 1.79. The second-order valence-electron chi connectivity index (χ2n) is 7.10. The van der Waals surface area contributed by atoms with Crippen LogP contribution in [0.25, 0.3) is 0 Å². The largest absolute Gasteiger partial charge is 0.497 e. The third-order valence-electron chi connectivity index (χ3n) is 5.26. The van der Waals surface area contributed by atoms with Gasteiger partial charge in [0.2, 0.25) is 0 Å². The molecule has 4 rings (SSSR count). The van der Waals surface area contributed by atoms with E-state index in [4.69, 9.17) is 18.9 Å². The molecule has 0 N–H and O–H groups in total. The van der Waals surface area contributed by atoms with Crippen LogP contribution in [0.3, 0.4) is 0 Å². The lowest BCUT2D eigenvalue weighted by Gasteiger charge is -2.33. The van der Waals surface area contributed by atoms with Gasteiger partial charge in [-0.1, -0.05) is 18.2 Å². The van der Waals surface area contributed by atoms with E-state index in [0.29, 0.717) is 28.4 Å². The number of esters is 1. The lowest BCUT2D eigenvalue weighted by Crippen LogP contribution is -2.35. The first-order valence-electron chi connectivity index (χ1n) is 9.85. The summed E-state index contributed by atoms with van der Waals surface area (Å²) < 4.78 is 22.1. The van der Waals surface area contributed by atoms with Crippen molar-refractivity contribution in [1.82, 2.24) is 0 Å². The Morgan fingerprint density at radius 2 is 1.48 bits per heavy atom. The molecule has 1 aliphatic rings. The molecule has 0 fully saturated rings. The summed E-state index contributed by atoms with van der Waals surface area (Å²) in [6.07, 6.45) is -0.538. The average Bonchev–Trinajstić information content (AvgIpc) is 2.84. The lowest BCUT2D eigenvalue weighted by molar-refractivity contribution is 0.0517. The molecule has 1 aliphatic heterocycles. The van der Waals surface area contributed by atoms with Crippen molar-refractivity contribution in [3.63, 3.8) is 0 Å². The molecule has 31 heavy (non-hydrogen) atoms. The van der Waals surface area contributed by atoms with E-state index in [1.165, 1.54) is 7.11 Å². The number of hydrogen-bond acceptors (Lipinski definition) is 6. The Morgan fingerprint density at radius 3 is 2.16 bits per heavy atom. The third-order valence-corrected chi connectivity index (χ3v) is 5.26. The Morgan fingerprint density at radius 1 is 0.839 bits per heavy atom. The molecule has 0 amide bonds. The van der Waals surface area contributed by atoms with Crippen LogP contribution in [0.15, 0.2) is 72.8 Å². The minimum Gasteiger partial charge on any atom is -0.497 e. The number of Topliss-reactive ketones (excluding diaryl/α,β-unsaturated/α-hetero) is 1. The molecule has 1 heterocycles. The number of carbonyl (C=O) groups is 2. The number of para-hydroxylation sites is 1. The minimum atomic E-state index is -0.538. The van der Waals surface area contributed by atoms with Crippen LogP contribution in [-0.2, 0) is 4.74 Å². The Labute approximate surface area is 180 Å². The number of ether oxygens (including phenoxy) is 4. The molecule has 0 saturated heterocycles. The summed E-state index contributed by atoms with van der Waals surface area (Å²) in [6, 6.07) is 21.2. The highest BCUT2D eigenvalue weighted by atomic mass is 16.5. The fourth-order valence-electron chi connectivity index (χ4n) is 3.59. The number of ketones is 1. The maximum atomic E-state index is 13.3. The highest BCUT2D eigenvalue weighted by Gasteiger charge is 2.38. The zero-order chi connectivity index (χ0) is 21.8. The molecular formula is C25H22O6. The van der Waals surface area contributed by atoms with Gasteiger partial charge in [0, 0.05) is 11.1 Å². The Bertz CT molecular complexity index is 1070. The highest BCUT2D eigenvalue weighted by Crippen LogP contribution is 2.40. The molecule has 0 aliphatic carbocycles. The monoisotopic (exact) mass is 418 g/mol. The number of carbonyl (C=O) groups excluding carboxylic acids is 2. The van der Waals surface area contributed by atoms with Gasteiger partial charge in [0.25, 0.3) is 0 Å². The molecular weight excluding hydrogens is 396 g/mol. The molecule has 0 aromatic heterocycles. The first-order chi connectivity index (χ1) is 15.1. The van der Waals surface area contributed by atoms with E-state index in [1.807, 2.05) is 24.3 Å². The molecule has 3 aromatic rings. The summed E-state index contributed by atoms with van der Waals surface area (Å²) in [5, 5.41) is 0. The van der Waals surface area contributed by atoms with E-state index in [1.54, 1.807) is 55.6 Å². The smallest absolute Gasteiger partial charge is 0.337 e. The van der Waals surface area contributed by atoms with Crippen LogP contribution in [0.1, 0.15) is 32.4 Å². The van der Waals surface area contributed by atoms with Crippen molar-refractivity contribution in [1.29, 1.82) is 0 Å². The van der Waals surface area contributed by atoms with Crippen molar-refractivity contribution in [2.45, 2.75) is 6.10 Å². The van der Waals surface area contributed by atoms with E-state index in [2.05, 4.69) is 0 Å². The van der Waals surface area contributed by atoms with Crippen LogP contribution >= 0.6 is 0 Å². The fourth-order valence-corrected chi connectivity index (χ4v) is 3.59. The standard InChI is InChI=1S/C25H22O6/c1-28-18-11-7-16(8-12-18)23(26)21-15-30-22-6-4-3-5-20(22)24(21)31-19-13-9-17(10-14-19)25(27)29-2/h3-14,21,24H,15H2,1-2H3. The topological polar surface area (TPSA) is 71.1 Å². The molecule has 6 nitrogen and oxygen atoms in total. The quantitative estimate of drug-likeness (QED) is 0.434. The molecule has 3 aromatic carbocycles. The van der Waals surface area contributed by atoms with Crippen molar-refractivity contribution in [2.75, 3.05) is 20.8 Å². The summed E-state index contributed by atoms with van der Waals surface area (Å²) in [4.78, 5) is 25.0. The normalized spacial score (nSPS) is 17.1. The molecule has 0 bridgehead atoms.